The van der Waals surface area contributed by atoms with Crippen LogP contribution >= 0.6 is 15.9 Å². The molecule has 0 radical (unpaired) electrons. The van der Waals surface area contributed by atoms with E-state index in [1.807, 2.05) is 43.3 Å². The third-order valence-electron chi connectivity index (χ3n) is 4.19. The van der Waals surface area contributed by atoms with Crippen molar-refractivity contribution in [3.63, 3.8) is 0 Å². The quantitative estimate of drug-likeness (QED) is 0.485. The first kappa shape index (κ1) is 16.5. The lowest BCUT2D eigenvalue weighted by Gasteiger charge is -2.21. The first-order valence-electron chi connectivity index (χ1n) is 7.47. The van der Waals surface area contributed by atoms with Gasteiger partial charge in [-0.15, -0.1) is 0 Å². The van der Waals surface area contributed by atoms with Crippen molar-refractivity contribution < 1.29 is 14.7 Å². The molecule has 3 rings (SSSR count). The highest BCUT2D eigenvalue weighted by Gasteiger charge is 2.44. The van der Waals surface area contributed by atoms with E-state index in [2.05, 4.69) is 15.9 Å². The summed E-state index contributed by atoms with van der Waals surface area (Å²) in [5.74, 6) is -1.43. The van der Waals surface area contributed by atoms with Crippen LogP contribution in [0.25, 0.3) is 5.76 Å². The molecule has 1 aliphatic rings. The zero-order valence-electron chi connectivity index (χ0n) is 13.3. The molecule has 0 unspecified atom stereocenters. The second kappa shape index (κ2) is 6.24. The van der Waals surface area contributed by atoms with E-state index < -0.39 is 17.7 Å². The molecular formula is C19H16BrNO3. The van der Waals surface area contributed by atoms with E-state index in [0.29, 0.717) is 5.56 Å². The fourth-order valence-electron chi connectivity index (χ4n) is 2.85. The monoisotopic (exact) mass is 385 g/mol. The summed E-state index contributed by atoms with van der Waals surface area (Å²) in [6, 6.07) is 13.9. The lowest BCUT2D eigenvalue weighted by Crippen LogP contribution is -2.24. The molecule has 0 spiro atoms. The molecule has 1 aliphatic heterocycles. The summed E-state index contributed by atoms with van der Waals surface area (Å²) in [5.41, 5.74) is 2.46. The van der Waals surface area contributed by atoms with Crippen molar-refractivity contribution in [1.82, 2.24) is 4.90 Å². The summed E-state index contributed by atoms with van der Waals surface area (Å²) < 4.78 is 0.901. The number of hydrogen-bond donors (Lipinski definition) is 1. The van der Waals surface area contributed by atoms with Crippen LogP contribution in [0.4, 0.5) is 0 Å². The summed E-state index contributed by atoms with van der Waals surface area (Å²) >= 11 is 3.37. The van der Waals surface area contributed by atoms with Crippen molar-refractivity contribution >= 4 is 33.4 Å². The molecule has 2 aromatic rings. The van der Waals surface area contributed by atoms with E-state index in [9.17, 15) is 14.7 Å². The smallest absolute Gasteiger partial charge is 0.295 e. The largest absolute Gasteiger partial charge is 0.507 e. The summed E-state index contributed by atoms with van der Waals surface area (Å²) in [4.78, 5) is 26.0. The molecule has 1 atom stereocenters. The maximum atomic E-state index is 12.4. The number of likely N-dealkylation sites (N-methyl/N-ethyl adjacent to an activating group) is 1. The number of aliphatic hydroxyl groups excluding tert-OH is 1. The van der Waals surface area contributed by atoms with Crippen molar-refractivity contribution in [2.75, 3.05) is 7.05 Å². The molecule has 1 amide bonds. The normalized spacial score (nSPS) is 19.8. The molecule has 4 nitrogen and oxygen atoms in total. The van der Waals surface area contributed by atoms with Gasteiger partial charge in [0.15, 0.2) is 0 Å². The Kier molecular flexibility index (Phi) is 4.28. The van der Waals surface area contributed by atoms with Crippen molar-refractivity contribution in [1.29, 1.82) is 0 Å². The number of Topliss-reactive ketones (excluding diaryl/α,β-unsaturated/α-hetero) is 1. The molecule has 1 fully saturated rings. The van der Waals surface area contributed by atoms with Crippen LogP contribution in [0, 0.1) is 6.92 Å². The molecule has 0 bridgehead atoms. The topological polar surface area (TPSA) is 57.6 Å². The fourth-order valence-corrected chi connectivity index (χ4v) is 3.11. The van der Waals surface area contributed by atoms with E-state index in [-0.39, 0.29) is 11.3 Å². The number of hydrogen-bond acceptors (Lipinski definition) is 3. The highest BCUT2D eigenvalue weighted by atomic mass is 79.9. The molecule has 5 heteroatoms. The van der Waals surface area contributed by atoms with Crippen LogP contribution in [0.15, 0.2) is 58.6 Å². The lowest BCUT2D eigenvalue weighted by atomic mass is 9.95. The van der Waals surface area contributed by atoms with Crippen LogP contribution in [0.3, 0.4) is 0 Å². The van der Waals surface area contributed by atoms with Gasteiger partial charge in [-0.1, -0.05) is 57.9 Å². The Labute approximate surface area is 148 Å². The maximum Gasteiger partial charge on any atom is 0.295 e. The van der Waals surface area contributed by atoms with Gasteiger partial charge < -0.3 is 10.0 Å². The van der Waals surface area contributed by atoms with Gasteiger partial charge in [0, 0.05) is 17.1 Å². The Bertz CT molecular complexity index is 838. The van der Waals surface area contributed by atoms with Crippen LogP contribution in [0.2, 0.25) is 0 Å². The molecular weight excluding hydrogens is 370 g/mol. The molecule has 0 saturated carbocycles. The third-order valence-corrected chi connectivity index (χ3v) is 4.71. The van der Waals surface area contributed by atoms with Crippen molar-refractivity contribution in [3.05, 3.63) is 75.3 Å². The Morgan fingerprint density at radius 1 is 1.04 bits per heavy atom. The lowest BCUT2D eigenvalue weighted by molar-refractivity contribution is -0.139. The van der Waals surface area contributed by atoms with Gasteiger partial charge in [0.1, 0.15) is 5.76 Å². The van der Waals surface area contributed by atoms with Crippen LogP contribution < -0.4 is 0 Å². The SMILES string of the molecule is Cc1ccc(C(O)=C2C(=O)C(=O)N(C)[C@@H]2c2ccc(Br)cc2)cc1. The minimum absolute atomic E-state index is 0.119. The van der Waals surface area contributed by atoms with Gasteiger partial charge in [-0.2, -0.15) is 0 Å². The van der Waals surface area contributed by atoms with E-state index >= 15 is 0 Å². The molecule has 1 saturated heterocycles. The Hall–Kier alpha value is -2.40. The summed E-state index contributed by atoms with van der Waals surface area (Å²) in [6.07, 6.45) is 0. The van der Waals surface area contributed by atoms with Gasteiger partial charge in [-0.25, -0.2) is 0 Å². The Morgan fingerprint density at radius 3 is 2.21 bits per heavy atom. The second-order valence-corrected chi connectivity index (χ2v) is 6.74. The van der Waals surface area contributed by atoms with E-state index in [1.165, 1.54) is 4.90 Å². The summed E-state index contributed by atoms with van der Waals surface area (Å²) in [5, 5.41) is 10.7. The second-order valence-electron chi connectivity index (χ2n) is 5.83. The zero-order chi connectivity index (χ0) is 17.4. The number of carbonyl (C=O) groups excluding carboxylic acids is 2. The third kappa shape index (κ3) is 2.76. The Balaban J connectivity index is 2.16. The molecule has 0 aromatic heterocycles. The van der Waals surface area contributed by atoms with Crippen LogP contribution in [0.5, 0.6) is 0 Å². The number of benzene rings is 2. The van der Waals surface area contributed by atoms with E-state index in [4.69, 9.17) is 0 Å². The average Bonchev–Trinajstić information content (AvgIpc) is 2.80. The Morgan fingerprint density at radius 2 is 1.62 bits per heavy atom. The number of amides is 1. The van der Waals surface area contributed by atoms with Gasteiger partial charge in [-0.3, -0.25) is 9.59 Å². The van der Waals surface area contributed by atoms with Crippen LogP contribution in [-0.4, -0.2) is 28.7 Å². The van der Waals surface area contributed by atoms with Crippen molar-refractivity contribution in [2.24, 2.45) is 0 Å². The summed E-state index contributed by atoms with van der Waals surface area (Å²) in [6.45, 7) is 1.94. The number of nitrogens with zero attached hydrogens (tertiary/aromatic N) is 1. The predicted molar refractivity (Wildman–Crippen MR) is 95.4 cm³/mol. The number of halogens is 1. The minimum Gasteiger partial charge on any atom is -0.507 e. The molecule has 122 valence electrons. The molecule has 2 aromatic carbocycles. The number of likely N-dealkylation sites (tertiary alicyclic amines) is 1. The van der Waals surface area contributed by atoms with Gasteiger partial charge in [0.25, 0.3) is 11.7 Å². The first-order valence-corrected chi connectivity index (χ1v) is 8.26. The van der Waals surface area contributed by atoms with Gasteiger partial charge >= 0.3 is 0 Å². The fraction of sp³-hybridized carbons (Fsp3) is 0.158. The number of aliphatic hydroxyl groups is 1. The average molecular weight is 386 g/mol. The van der Waals surface area contributed by atoms with Gasteiger partial charge in [-0.05, 0) is 24.6 Å². The van der Waals surface area contributed by atoms with Gasteiger partial charge in [0.05, 0.1) is 11.6 Å². The van der Waals surface area contributed by atoms with Crippen LogP contribution in [0.1, 0.15) is 22.7 Å². The predicted octanol–water partition coefficient (Wildman–Crippen LogP) is 3.81. The zero-order valence-corrected chi connectivity index (χ0v) is 14.9. The number of carbonyl (C=O) groups is 2. The first-order chi connectivity index (χ1) is 11.4. The van der Waals surface area contributed by atoms with Gasteiger partial charge in [0.2, 0.25) is 0 Å². The minimum atomic E-state index is -0.663. The number of ketones is 1. The van der Waals surface area contributed by atoms with Crippen molar-refractivity contribution in [3.8, 4) is 0 Å². The van der Waals surface area contributed by atoms with E-state index in [0.717, 1.165) is 15.6 Å². The molecule has 24 heavy (non-hydrogen) atoms. The summed E-state index contributed by atoms with van der Waals surface area (Å²) in [7, 11) is 1.57. The number of rotatable bonds is 2. The van der Waals surface area contributed by atoms with E-state index in [1.54, 1.807) is 19.2 Å². The molecule has 1 heterocycles. The number of aryl methyl sites for hydroxylation is 1. The van der Waals surface area contributed by atoms with Crippen molar-refractivity contribution in [2.45, 2.75) is 13.0 Å². The highest BCUT2D eigenvalue weighted by Crippen LogP contribution is 2.38. The standard InChI is InChI=1S/C19H16BrNO3/c1-11-3-5-13(6-4-11)17(22)15-16(21(2)19(24)18(15)23)12-7-9-14(20)10-8-12/h3-10,16,22H,1-2H3/t16-/m1/s1. The molecule has 1 N–H and O–H groups in total. The highest BCUT2D eigenvalue weighted by molar-refractivity contribution is 9.10. The molecule has 0 aliphatic carbocycles. The van der Waals surface area contributed by atoms with Crippen LogP contribution in [-0.2, 0) is 9.59 Å². The maximum absolute atomic E-state index is 12.4.